The predicted molar refractivity (Wildman–Crippen MR) is 107 cm³/mol. The molecule has 3 aromatic rings. The van der Waals surface area contributed by atoms with E-state index >= 15 is 0 Å². The first-order chi connectivity index (χ1) is 14.2. The molecule has 0 spiro atoms. The summed E-state index contributed by atoms with van der Waals surface area (Å²) in [5.74, 6) is -0.0345. The molecule has 3 rings (SSSR count). The highest BCUT2D eigenvalue weighted by Gasteiger charge is 2.07. The van der Waals surface area contributed by atoms with Gasteiger partial charge in [-0.2, -0.15) is 5.10 Å². The summed E-state index contributed by atoms with van der Waals surface area (Å²) in [5.41, 5.74) is 6.23. The van der Waals surface area contributed by atoms with Gasteiger partial charge in [-0.15, -0.1) is 0 Å². The van der Waals surface area contributed by atoms with E-state index in [1.807, 2.05) is 30.3 Å². The van der Waals surface area contributed by atoms with Crippen molar-refractivity contribution in [3.8, 4) is 17.2 Å². The number of hydrazine groups is 1. The van der Waals surface area contributed by atoms with Gasteiger partial charge in [0.25, 0.3) is 11.8 Å². The molecule has 2 N–H and O–H groups in total. The highest BCUT2D eigenvalue weighted by atomic mass is 16.5. The SMILES string of the molecule is COc1ccccc1OCC(=O)NNC(=O)C=Cc1cnn(-c2ccccc2)c1. The molecule has 0 atom stereocenters. The minimum absolute atomic E-state index is 0.270. The van der Waals surface area contributed by atoms with E-state index in [4.69, 9.17) is 9.47 Å². The van der Waals surface area contributed by atoms with Crippen molar-refractivity contribution in [2.24, 2.45) is 0 Å². The second kappa shape index (κ2) is 9.75. The number of nitrogens with zero attached hydrogens (tertiary/aromatic N) is 2. The maximum atomic E-state index is 11.9. The first-order valence-corrected chi connectivity index (χ1v) is 8.78. The number of hydrogen-bond acceptors (Lipinski definition) is 5. The Morgan fingerprint density at radius 1 is 1.03 bits per heavy atom. The van der Waals surface area contributed by atoms with Gasteiger partial charge in [-0.1, -0.05) is 30.3 Å². The van der Waals surface area contributed by atoms with Crippen molar-refractivity contribution in [3.05, 3.63) is 78.6 Å². The molecular formula is C21H20N4O4. The summed E-state index contributed by atoms with van der Waals surface area (Å²) in [6, 6.07) is 16.6. The molecule has 0 bridgehead atoms. The van der Waals surface area contributed by atoms with Gasteiger partial charge < -0.3 is 9.47 Å². The predicted octanol–water partition coefficient (Wildman–Crippen LogP) is 2.12. The van der Waals surface area contributed by atoms with Crippen molar-refractivity contribution >= 4 is 17.9 Å². The Hall–Kier alpha value is -4.07. The third-order valence-electron chi connectivity index (χ3n) is 3.80. The lowest BCUT2D eigenvalue weighted by Crippen LogP contribution is -2.43. The molecule has 8 nitrogen and oxygen atoms in total. The Balaban J connectivity index is 1.45. The van der Waals surface area contributed by atoms with Crippen LogP contribution in [0.25, 0.3) is 11.8 Å². The normalized spacial score (nSPS) is 10.5. The molecule has 0 radical (unpaired) electrons. The van der Waals surface area contributed by atoms with Crippen LogP contribution in [0.4, 0.5) is 0 Å². The smallest absolute Gasteiger partial charge is 0.276 e. The van der Waals surface area contributed by atoms with Gasteiger partial charge in [0.05, 0.1) is 19.0 Å². The Morgan fingerprint density at radius 3 is 2.52 bits per heavy atom. The zero-order valence-corrected chi connectivity index (χ0v) is 15.7. The highest BCUT2D eigenvalue weighted by molar-refractivity contribution is 5.93. The number of para-hydroxylation sites is 3. The topological polar surface area (TPSA) is 94.5 Å². The van der Waals surface area contributed by atoms with Crippen molar-refractivity contribution in [2.45, 2.75) is 0 Å². The second-order valence-electron chi connectivity index (χ2n) is 5.86. The molecule has 0 aliphatic carbocycles. The fourth-order valence-electron chi connectivity index (χ4n) is 2.41. The number of methoxy groups -OCH3 is 1. The van der Waals surface area contributed by atoms with Crippen LogP contribution >= 0.6 is 0 Å². The molecule has 148 valence electrons. The number of carbonyl (C=O) groups excluding carboxylic acids is 2. The van der Waals surface area contributed by atoms with Crippen LogP contribution in [0.15, 0.2) is 73.1 Å². The molecule has 2 amide bonds. The van der Waals surface area contributed by atoms with Gasteiger partial charge in [0.1, 0.15) is 0 Å². The molecule has 0 aliphatic heterocycles. The van der Waals surface area contributed by atoms with E-state index in [0.717, 1.165) is 11.3 Å². The lowest BCUT2D eigenvalue weighted by molar-refractivity contribution is -0.128. The van der Waals surface area contributed by atoms with Crippen molar-refractivity contribution in [2.75, 3.05) is 13.7 Å². The largest absolute Gasteiger partial charge is 0.493 e. The summed E-state index contributed by atoms with van der Waals surface area (Å²) in [7, 11) is 1.51. The number of rotatable bonds is 7. The summed E-state index contributed by atoms with van der Waals surface area (Å²) in [6.45, 7) is -0.270. The average Bonchev–Trinajstić information content (AvgIpc) is 3.24. The molecule has 0 saturated carbocycles. The molecule has 8 heteroatoms. The fourth-order valence-corrected chi connectivity index (χ4v) is 2.41. The van der Waals surface area contributed by atoms with Crippen LogP contribution in [0.3, 0.4) is 0 Å². The van der Waals surface area contributed by atoms with Crippen LogP contribution in [-0.2, 0) is 9.59 Å². The minimum atomic E-state index is -0.505. The Morgan fingerprint density at radius 2 is 1.76 bits per heavy atom. The molecule has 0 aliphatic rings. The van der Waals surface area contributed by atoms with Gasteiger partial charge in [0.15, 0.2) is 18.1 Å². The molecule has 0 unspecified atom stereocenters. The Labute approximate surface area is 167 Å². The van der Waals surface area contributed by atoms with Gasteiger partial charge in [0.2, 0.25) is 0 Å². The van der Waals surface area contributed by atoms with Crippen LogP contribution in [0.2, 0.25) is 0 Å². The monoisotopic (exact) mass is 392 g/mol. The summed E-state index contributed by atoms with van der Waals surface area (Å²) in [4.78, 5) is 23.7. The molecule has 0 saturated heterocycles. The Bertz CT molecular complexity index is 999. The summed E-state index contributed by atoms with van der Waals surface area (Å²) in [6.07, 6.45) is 6.32. The van der Waals surface area contributed by atoms with E-state index < -0.39 is 11.8 Å². The molecular weight excluding hydrogens is 372 g/mol. The maximum absolute atomic E-state index is 11.9. The lowest BCUT2D eigenvalue weighted by Gasteiger charge is -2.10. The van der Waals surface area contributed by atoms with Crippen molar-refractivity contribution in [3.63, 3.8) is 0 Å². The molecule has 29 heavy (non-hydrogen) atoms. The van der Waals surface area contributed by atoms with Crippen LogP contribution in [-0.4, -0.2) is 35.3 Å². The minimum Gasteiger partial charge on any atom is -0.493 e. The number of aromatic nitrogens is 2. The van der Waals surface area contributed by atoms with Gasteiger partial charge in [-0.05, 0) is 30.3 Å². The molecule has 1 heterocycles. The second-order valence-corrected chi connectivity index (χ2v) is 5.86. The summed E-state index contributed by atoms with van der Waals surface area (Å²) >= 11 is 0. The standard InChI is InChI=1S/C21H20N4O4/c1-28-18-9-5-6-10-19(18)29-15-21(27)24-23-20(26)12-11-16-13-22-25(14-16)17-7-3-2-4-8-17/h2-14H,15H2,1H3,(H,23,26)(H,24,27). The number of hydrogen-bond donors (Lipinski definition) is 2. The first-order valence-electron chi connectivity index (χ1n) is 8.78. The lowest BCUT2D eigenvalue weighted by atomic mass is 10.3. The zero-order chi connectivity index (χ0) is 20.5. The van der Waals surface area contributed by atoms with Gasteiger partial charge in [0, 0.05) is 17.8 Å². The van der Waals surface area contributed by atoms with Gasteiger partial charge in [-0.25, -0.2) is 4.68 Å². The molecule has 2 aromatic carbocycles. The van der Waals surface area contributed by atoms with Crippen LogP contribution in [0, 0.1) is 0 Å². The van der Waals surface area contributed by atoms with Gasteiger partial charge >= 0.3 is 0 Å². The Kier molecular flexibility index (Phi) is 6.62. The van der Waals surface area contributed by atoms with Crippen molar-refractivity contribution < 1.29 is 19.1 Å². The number of ether oxygens (including phenoxy) is 2. The summed E-state index contributed by atoms with van der Waals surface area (Å²) < 4.78 is 12.2. The zero-order valence-electron chi connectivity index (χ0n) is 15.7. The van der Waals surface area contributed by atoms with E-state index in [0.29, 0.717) is 11.5 Å². The van der Waals surface area contributed by atoms with E-state index in [9.17, 15) is 9.59 Å². The maximum Gasteiger partial charge on any atom is 0.276 e. The molecule has 1 aromatic heterocycles. The van der Waals surface area contributed by atoms with E-state index in [2.05, 4.69) is 16.0 Å². The summed E-state index contributed by atoms with van der Waals surface area (Å²) in [5, 5.41) is 4.24. The number of nitrogens with one attached hydrogen (secondary N) is 2. The number of amides is 2. The van der Waals surface area contributed by atoms with E-state index in [1.165, 1.54) is 13.2 Å². The average molecular weight is 392 g/mol. The van der Waals surface area contributed by atoms with Crippen LogP contribution < -0.4 is 20.3 Å². The fraction of sp³-hybridized carbons (Fsp3) is 0.0952. The third kappa shape index (κ3) is 5.70. The van der Waals surface area contributed by atoms with Crippen molar-refractivity contribution in [1.29, 1.82) is 0 Å². The van der Waals surface area contributed by atoms with Gasteiger partial charge in [-0.3, -0.25) is 20.4 Å². The quantitative estimate of drug-likeness (QED) is 0.474. The third-order valence-corrected chi connectivity index (χ3v) is 3.80. The van der Waals surface area contributed by atoms with E-state index in [-0.39, 0.29) is 6.61 Å². The van der Waals surface area contributed by atoms with Crippen LogP contribution in [0.5, 0.6) is 11.5 Å². The van der Waals surface area contributed by atoms with Crippen molar-refractivity contribution in [1.82, 2.24) is 20.6 Å². The number of benzene rings is 2. The van der Waals surface area contributed by atoms with E-state index in [1.54, 1.807) is 47.4 Å². The molecule has 0 fully saturated rings. The first kappa shape index (κ1) is 19.7. The number of carbonyl (C=O) groups is 2. The highest BCUT2D eigenvalue weighted by Crippen LogP contribution is 2.25. The van der Waals surface area contributed by atoms with Crippen LogP contribution in [0.1, 0.15) is 5.56 Å².